The summed E-state index contributed by atoms with van der Waals surface area (Å²) in [5.74, 6) is -0.973. The van der Waals surface area contributed by atoms with Crippen LogP contribution in [0.5, 0.6) is 0 Å². The molecule has 0 unspecified atom stereocenters. The number of hydrogen-bond acceptors (Lipinski definition) is 8. The fraction of sp³-hybridized carbons (Fsp3) is 0.435. The van der Waals surface area contributed by atoms with E-state index in [0.717, 1.165) is 62.1 Å². The third kappa shape index (κ3) is 5.05. The lowest BCUT2D eigenvalue weighted by atomic mass is 9.95. The van der Waals surface area contributed by atoms with E-state index in [4.69, 9.17) is 17.0 Å². The highest BCUT2D eigenvalue weighted by Crippen LogP contribution is 2.38. The minimum Gasteiger partial charge on any atom is -0.462 e. The summed E-state index contributed by atoms with van der Waals surface area (Å²) >= 11 is 6.77. The number of aryl methyl sites for hydroxylation is 1. The van der Waals surface area contributed by atoms with Crippen LogP contribution in [-0.2, 0) is 17.6 Å². The molecular formula is C23H26N4O5S2. The Morgan fingerprint density at radius 1 is 1.21 bits per heavy atom. The molecule has 2 aromatic rings. The number of nitrogens with zero attached hydrogens (tertiary/aromatic N) is 2. The van der Waals surface area contributed by atoms with Gasteiger partial charge in [0.2, 0.25) is 0 Å². The van der Waals surface area contributed by atoms with Gasteiger partial charge in [-0.3, -0.25) is 20.2 Å². The Balaban J connectivity index is 1.51. The lowest BCUT2D eigenvalue weighted by Gasteiger charge is -2.18. The molecular weight excluding hydrogens is 476 g/mol. The topological polar surface area (TPSA) is 114 Å². The van der Waals surface area contributed by atoms with Gasteiger partial charge in [-0.05, 0) is 75.4 Å². The summed E-state index contributed by atoms with van der Waals surface area (Å²) in [7, 11) is 0. The lowest BCUT2D eigenvalue weighted by Crippen LogP contribution is -2.34. The van der Waals surface area contributed by atoms with Crippen LogP contribution in [0, 0.1) is 10.1 Å². The first kappa shape index (κ1) is 24.1. The summed E-state index contributed by atoms with van der Waals surface area (Å²) in [4.78, 5) is 39.7. The predicted octanol–water partition coefficient (Wildman–Crippen LogP) is 4.44. The minimum absolute atomic E-state index is 0.0143. The SMILES string of the molecule is CCOC(=O)c1c(NC(=S)NC(=O)c2ccc(N3CCCC3)c([N+](=O)[O-])c2)sc2c1CCCC2. The Hall–Kier alpha value is -3.05. The van der Waals surface area contributed by atoms with E-state index in [1.54, 1.807) is 19.1 Å². The summed E-state index contributed by atoms with van der Waals surface area (Å²) in [6.07, 6.45) is 5.72. The van der Waals surface area contributed by atoms with Crippen molar-refractivity contribution in [2.45, 2.75) is 45.4 Å². The van der Waals surface area contributed by atoms with Crippen molar-refractivity contribution >= 4 is 56.9 Å². The Morgan fingerprint density at radius 2 is 1.94 bits per heavy atom. The van der Waals surface area contributed by atoms with E-state index in [1.165, 1.54) is 17.4 Å². The number of carbonyl (C=O) groups is 2. The molecule has 0 atom stereocenters. The average Bonchev–Trinajstić information content (AvgIpc) is 3.46. The second-order valence-electron chi connectivity index (χ2n) is 8.20. The van der Waals surface area contributed by atoms with Gasteiger partial charge in [0, 0.05) is 29.6 Å². The quantitative estimate of drug-likeness (QED) is 0.258. The van der Waals surface area contributed by atoms with Gasteiger partial charge in [-0.1, -0.05) is 0 Å². The Kier molecular flexibility index (Phi) is 7.42. The van der Waals surface area contributed by atoms with Crippen LogP contribution in [0.15, 0.2) is 18.2 Å². The summed E-state index contributed by atoms with van der Waals surface area (Å²) < 4.78 is 5.24. The van der Waals surface area contributed by atoms with Crippen molar-refractivity contribution in [1.82, 2.24) is 5.32 Å². The van der Waals surface area contributed by atoms with Crippen LogP contribution in [0.3, 0.4) is 0 Å². The molecule has 11 heteroatoms. The van der Waals surface area contributed by atoms with Crippen LogP contribution in [0.25, 0.3) is 0 Å². The number of anilines is 2. The molecule has 2 aliphatic rings. The van der Waals surface area contributed by atoms with Crippen molar-refractivity contribution in [2.75, 3.05) is 29.9 Å². The number of nitrogens with one attached hydrogen (secondary N) is 2. The summed E-state index contributed by atoms with van der Waals surface area (Å²) in [6, 6.07) is 4.45. The van der Waals surface area contributed by atoms with Crippen molar-refractivity contribution in [3.63, 3.8) is 0 Å². The molecule has 0 saturated carbocycles. The molecule has 1 aromatic heterocycles. The molecule has 1 amide bonds. The Bertz CT molecular complexity index is 1140. The molecule has 2 N–H and O–H groups in total. The molecule has 2 heterocycles. The zero-order valence-electron chi connectivity index (χ0n) is 18.8. The first-order chi connectivity index (χ1) is 16.4. The molecule has 0 bridgehead atoms. The monoisotopic (exact) mass is 502 g/mol. The van der Waals surface area contributed by atoms with Gasteiger partial charge in [-0.2, -0.15) is 0 Å². The highest BCUT2D eigenvalue weighted by molar-refractivity contribution is 7.80. The number of thiocarbonyl (C=S) groups is 1. The second kappa shape index (κ2) is 10.5. The highest BCUT2D eigenvalue weighted by Gasteiger charge is 2.28. The van der Waals surface area contributed by atoms with Gasteiger partial charge in [0.1, 0.15) is 10.7 Å². The number of ether oxygens (including phenoxy) is 1. The van der Waals surface area contributed by atoms with Crippen LogP contribution in [0.1, 0.15) is 63.8 Å². The normalized spacial score (nSPS) is 14.9. The Labute approximate surface area is 206 Å². The predicted molar refractivity (Wildman–Crippen MR) is 135 cm³/mol. The number of thiophene rings is 1. The fourth-order valence-corrected chi connectivity index (χ4v) is 5.96. The zero-order chi connectivity index (χ0) is 24.2. The second-order valence-corrected chi connectivity index (χ2v) is 9.71. The Morgan fingerprint density at radius 3 is 2.65 bits per heavy atom. The summed E-state index contributed by atoms with van der Waals surface area (Å²) in [5, 5.41) is 17.8. The molecule has 180 valence electrons. The van der Waals surface area contributed by atoms with Crippen LogP contribution in [0.4, 0.5) is 16.4 Å². The third-order valence-electron chi connectivity index (χ3n) is 5.99. The number of benzene rings is 1. The fourth-order valence-electron chi connectivity index (χ4n) is 4.42. The van der Waals surface area contributed by atoms with Crippen LogP contribution in [0.2, 0.25) is 0 Å². The molecule has 1 saturated heterocycles. The minimum atomic E-state index is -0.562. The van der Waals surface area contributed by atoms with Gasteiger partial charge < -0.3 is 15.0 Å². The largest absolute Gasteiger partial charge is 0.462 e. The standard InChI is InChI=1S/C23H26N4O5S2/c1-2-32-22(29)19-15-7-3-4-8-18(15)34-21(19)25-23(33)24-20(28)14-9-10-16(17(13-14)27(30)31)26-11-5-6-12-26/h9-10,13H,2-8,11-12H2,1H3,(H2,24,25,28,33). The van der Waals surface area contributed by atoms with E-state index in [-0.39, 0.29) is 23.0 Å². The van der Waals surface area contributed by atoms with E-state index in [9.17, 15) is 19.7 Å². The van der Waals surface area contributed by atoms with Crippen LogP contribution in [-0.4, -0.2) is 41.6 Å². The van der Waals surface area contributed by atoms with Gasteiger partial charge in [0.05, 0.1) is 17.1 Å². The first-order valence-electron chi connectivity index (χ1n) is 11.4. The van der Waals surface area contributed by atoms with Crippen molar-refractivity contribution in [1.29, 1.82) is 0 Å². The maximum atomic E-state index is 12.8. The number of fused-ring (bicyclic) bond motifs is 1. The van der Waals surface area contributed by atoms with Gasteiger partial charge >= 0.3 is 5.97 Å². The van der Waals surface area contributed by atoms with Crippen molar-refractivity contribution in [3.05, 3.63) is 49.9 Å². The van der Waals surface area contributed by atoms with Crippen molar-refractivity contribution < 1.29 is 19.2 Å². The van der Waals surface area contributed by atoms with Crippen molar-refractivity contribution in [3.8, 4) is 0 Å². The van der Waals surface area contributed by atoms with Gasteiger partial charge in [-0.25, -0.2) is 4.79 Å². The molecule has 0 spiro atoms. The highest BCUT2D eigenvalue weighted by atomic mass is 32.1. The van der Waals surface area contributed by atoms with Gasteiger partial charge in [-0.15, -0.1) is 11.3 Å². The van der Waals surface area contributed by atoms with Gasteiger partial charge in [0.15, 0.2) is 5.11 Å². The van der Waals surface area contributed by atoms with Crippen LogP contribution >= 0.6 is 23.6 Å². The van der Waals surface area contributed by atoms with E-state index in [2.05, 4.69) is 10.6 Å². The number of esters is 1. The van der Waals surface area contributed by atoms with E-state index in [0.29, 0.717) is 16.3 Å². The zero-order valence-corrected chi connectivity index (χ0v) is 20.5. The molecule has 0 radical (unpaired) electrons. The molecule has 1 aliphatic heterocycles. The van der Waals surface area contributed by atoms with E-state index >= 15 is 0 Å². The third-order valence-corrected chi connectivity index (χ3v) is 7.40. The molecule has 4 rings (SSSR count). The number of amides is 1. The number of hydrogen-bond donors (Lipinski definition) is 2. The molecule has 1 aliphatic carbocycles. The number of carbonyl (C=O) groups excluding carboxylic acids is 2. The van der Waals surface area contributed by atoms with Crippen molar-refractivity contribution in [2.24, 2.45) is 0 Å². The number of rotatable bonds is 6. The molecule has 34 heavy (non-hydrogen) atoms. The van der Waals surface area contributed by atoms with Crippen LogP contribution < -0.4 is 15.5 Å². The molecule has 9 nitrogen and oxygen atoms in total. The van der Waals surface area contributed by atoms with E-state index in [1.807, 2.05) is 4.90 Å². The lowest BCUT2D eigenvalue weighted by molar-refractivity contribution is -0.384. The molecule has 1 aromatic carbocycles. The summed E-state index contributed by atoms with van der Waals surface area (Å²) in [5.41, 5.74) is 2.00. The van der Waals surface area contributed by atoms with Gasteiger partial charge in [0.25, 0.3) is 11.6 Å². The average molecular weight is 503 g/mol. The first-order valence-corrected chi connectivity index (χ1v) is 12.6. The molecule has 1 fully saturated rings. The maximum Gasteiger partial charge on any atom is 0.341 e. The summed E-state index contributed by atoms with van der Waals surface area (Å²) in [6.45, 7) is 3.53. The number of nitro groups is 1. The van der Waals surface area contributed by atoms with E-state index < -0.39 is 16.8 Å². The smallest absolute Gasteiger partial charge is 0.341 e. The number of nitro benzene ring substituents is 1. The maximum absolute atomic E-state index is 12.8.